The number of hydrogen-bond donors (Lipinski definition) is 3. The van der Waals surface area contributed by atoms with Crippen LogP contribution in [-0.4, -0.2) is 30.3 Å². The number of rotatable bonds is 6. The zero-order valence-electron chi connectivity index (χ0n) is 20.2. The van der Waals surface area contributed by atoms with Gasteiger partial charge in [0.2, 0.25) is 21.0 Å². The number of nitrogens with zero attached hydrogens (tertiary/aromatic N) is 3. The fraction of sp³-hybridized carbons (Fsp3) is 0.0741. The minimum atomic E-state index is -3.98. The van der Waals surface area contributed by atoms with Gasteiger partial charge in [0, 0.05) is 5.39 Å². The predicted molar refractivity (Wildman–Crippen MR) is 152 cm³/mol. The summed E-state index contributed by atoms with van der Waals surface area (Å²) >= 11 is 5.28. The topological polar surface area (TPSA) is 131 Å². The summed E-state index contributed by atoms with van der Waals surface area (Å²) in [4.78, 5) is -0.128. The number of hydrogen-bond acceptors (Lipinski definition) is 6. The predicted octanol–water partition coefficient (Wildman–Crippen LogP) is 5.69. The lowest BCUT2D eigenvalue weighted by molar-refractivity contribution is 0.409. The largest absolute Gasteiger partial charge is 0.495 e. The molecule has 0 radical (unpaired) electrons. The Morgan fingerprint density at radius 2 is 1.68 bits per heavy atom. The summed E-state index contributed by atoms with van der Waals surface area (Å²) < 4.78 is 31.1. The van der Waals surface area contributed by atoms with Crippen LogP contribution in [0.5, 0.6) is 11.6 Å². The number of fused-ring (bicyclic) bond motifs is 2. The summed E-state index contributed by atoms with van der Waals surface area (Å²) in [6.07, 6.45) is 0. The van der Waals surface area contributed by atoms with Crippen molar-refractivity contribution < 1.29 is 18.3 Å². The number of aromatic hydroxyl groups is 1. The number of primary sulfonamides is 1. The third kappa shape index (κ3) is 4.82. The molecule has 0 aliphatic heterocycles. The summed E-state index contributed by atoms with van der Waals surface area (Å²) in [7, 11) is -2.42. The number of thiocarbonyl (C=S) groups is 1. The number of anilines is 1. The van der Waals surface area contributed by atoms with Crippen LogP contribution in [0.1, 0.15) is 5.56 Å². The fourth-order valence-electron chi connectivity index (χ4n) is 4.42. The van der Waals surface area contributed by atoms with Crippen molar-refractivity contribution in [1.29, 1.82) is 0 Å². The standard InChI is InChI=1S/C27H23N5O4S2/c1-36-22-14-7-12-20-24(30-31-27(37)29-21-13-4-5-15-23(21)38(28,34)35)26(33)32(25(20)22)16-18-10-6-9-17-8-2-3-11-19(17)18/h2-15,33H,16H2,1H3,(H,29,37)(H2,28,34,35). The van der Waals surface area contributed by atoms with Crippen molar-refractivity contribution in [3.05, 3.63) is 90.5 Å². The summed E-state index contributed by atoms with van der Waals surface area (Å²) in [6.45, 7) is 0.351. The van der Waals surface area contributed by atoms with E-state index in [0.717, 1.165) is 16.3 Å². The molecule has 1 heterocycles. The normalized spacial score (nSPS) is 11.8. The maximum absolute atomic E-state index is 11.9. The number of methoxy groups -OCH3 is 1. The third-order valence-electron chi connectivity index (χ3n) is 6.10. The minimum absolute atomic E-state index is 0.113. The number of aromatic nitrogens is 1. The zero-order valence-corrected chi connectivity index (χ0v) is 21.8. The van der Waals surface area contributed by atoms with Gasteiger partial charge in [0.15, 0.2) is 5.69 Å². The second-order valence-corrected chi connectivity index (χ2v) is 10.3. The van der Waals surface area contributed by atoms with Crippen molar-refractivity contribution in [2.45, 2.75) is 11.4 Å². The first-order chi connectivity index (χ1) is 18.3. The van der Waals surface area contributed by atoms with Crippen molar-refractivity contribution in [2.75, 3.05) is 12.4 Å². The molecule has 0 amide bonds. The number of benzene rings is 4. The van der Waals surface area contributed by atoms with E-state index in [4.69, 9.17) is 22.1 Å². The molecule has 0 spiro atoms. The van der Waals surface area contributed by atoms with E-state index in [0.29, 0.717) is 23.2 Å². The minimum Gasteiger partial charge on any atom is -0.495 e. The highest BCUT2D eigenvalue weighted by Crippen LogP contribution is 2.43. The van der Waals surface area contributed by atoms with E-state index in [1.807, 2.05) is 42.5 Å². The highest BCUT2D eigenvalue weighted by molar-refractivity contribution is 7.89. The van der Waals surface area contributed by atoms with Crippen LogP contribution in [0.15, 0.2) is 100 Å². The first-order valence-corrected chi connectivity index (χ1v) is 13.4. The maximum Gasteiger partial charge on any atom is 0.240 e. The lowest BCUT2D eigenvalue weighted by Gasteiger charge is -2.12. The summed E-state index contributed by atoms with van der Waals surface area (Å²) in [5.74, 6) is 0.441. The molecule has 0 bridgehead atoms. The van der Waals surface area contributed by atoms with Gasteiger partial charge < -0.3 is 19.7 Å². The Morgan fingerprint density at radius 3 is 2.47 bits per heavy atom. The Morgan fingerprint density at radius 1 is 1.00 bits per heavy atom. The smallest absolute Gasteiger partial charge is 0.240 e. The summed E-state index contributed by atoms with van der Waals surface area (Å²) in [5.41, 5.74) is 2.01. The lowest BCUT2D eigenvalue weighted by atomic mass is 10.0. The Balaban J connectivity index is 1.55. The highest BCUT2D eigenvalue weighted by Gasteiger charge is 2.21. The number of nitrogens with one attached hydrogen (secondary N) is 1. The van der Waals surface area contributed by atoms with E-state index in [9.17, 15) is 13.5 Å². The van der Waals surface area contributed by atoms with Crippen LogP contribution in [0.4, 0.5) is 11.4 Å². The second kappa shape index (κ2) is 10.2. The molecule has 0 saturated heterocycles. The molecule has 0 unspecified atom stereocenters. The zero-order chi connectivity index (χ0) is 26.9. The Hall–Kier alpha value is -4.32. The van der Waals surface area contributed by atoms with E-state index in [-0.39, 0.29) is 27.3 Å². The molecule has 5 aromatic rings. The molecule has 0 saturated carbocycles. The van der Waals surface area contributed by atoms with Crippen LogP contribution in [0.2, 0.25) is 0 Å². The summed E-state index contributed by atoms with van der Waals surface area (Å²) in [6, 6.07) is 25.5. The molecule has 5 rings (SSSR count). The van der Waals surface area contributed by atoms with Gasteiger partial charge in [0.05, 0.1) is 24.9 Å². The van der Waals surface area contributed by atoms with Crippen LogP contribution in [-0.2, 0) is 16.6 Å². The van der Waals surface area contributed by atoms with E-state index < -0.39 is 10.0 Å². The number of para-hydroxylation sites is 2. The molecule has 38 heavy (non-hydrogen) atoms. The Kier molecular flexibility index (Phi) is 6.81. The van der Waals surface area contributed by atoms with Gasteiger partial charge in [-0.15, -0.1) is 10.2 Å². The van der Waals surface area contributed by atoms with Crippen molar-refractivity contribution in [2.24, 2.45) is 15.4 Å². The number of ether oxygens (including phenoxy) is 1. The van der Waals surface area contributed by atoms with Gasteiger partial charge in [0.25, 0.3) is 0 Å². The average Bonchev–Trinajstić information content (AvgIpc) is 3.17. The molecule has 0 aliphatic rings. The van der Waals surface area contributed by atoms with Crippen LogP contribution < -0.4 is 15.2 Å². The quantitative estimate of drug-likeness (QED) is 0.186. The Labute approximate surface area is 224 Å². The van der Waals surface area contributed by atoms with Crippen LogP contribution in [0.25, 0.3) is 21.7 Å². The molecule has 0 aliphatic carbocycles. The van der Waals surface area contributed by atoms with Crippen LogP contribution >= 0.6 is 12.2 Å². The molecular weight excluding hydrogens is 522 g/mol. The molecule has 11 heteroatoms. The van der Waals surface area contributed by atoms with Gasteiger partial charge in [-0.1, -0.05) is 66.7 Å². The van der Waals surface area contributed by atoms with E-state index >= 15 is 0 Å². The van der Waals surface area contributed by atoms with Crippen molar-refractivity contribution >= 4 is 60.4 Å². The van der Waals surface area contributed by atoms with E-state index in [2.05, 4.69) is 15.5 Å². The second-order valence-electron chi connectivity index (χ2n) is 8.42. The molecule has 0 fully saturated rings. The summed E-state index contributed by atoms with van der Waals surface area (Å²) in [5, 5.41) is 30.3. The van der Waals surface area contributed by atoms with Gasteiger partial charge in [-0.3, -0.25) is 0 Å². The lowest BCUT2D eigenvalue weighted by Crippen LogP contribution is -2.16. The van der Waals surface area contributed by atoms with Crippen LogP contribution in [0, 0.1) is 0 Å². The van der Waals surface area contributed by atoms with Crippen molar-refractivity contribution in [3.63, 3.8) is 0 Å². The number of nitrogens with two attached hydrogens (primary N) is 1. The first kappa shape index (κ1) is 25.3. The van der Waals surface area contributed by atoms with Crippen molar-refractivity contribution in [1.82, 2.24) is 4.57 Å². The number of sulfonamides is 1. The molecule has 1 aromatic heterocycles. The molecule has 9 nitrogen and oxygen atoms in total. The monoisotopic (exact) mass is 545 g/mol. The van der Waals surface area contributed by atoms with Crippen molar-refractivity contribution in [3.8, 4) is 11.6 Å². The SMILES string of the molecule is COc1cccc2c(N=NC(=S)Nc3ccccc3S(N)(=O)=O)c(O)n(Cc3cccc4ccccc34)c12. The average molecular weight is 546 g/mol. The third-order valence-corrected chi connectivity index (χ3v) is 7.25. The molecule has 4 N–H and O–H groups in total. The van der Waals surface area contributed by atoms with Gasteiger partial charge in [-0.25, -0.2) is 13.6 Å². The van der Waals surface area contributed by atoms with Gasteiger partial charge in [0.1, 0.15) is 10.6 Å². The number of azo groups is 1. The molecule has 0 atom stereocenters. The molecule has 192 valence electrons. The van der Waals surface area contributed by atoms with Gasteiger partial charge in [-0.2, -0.15) is 0 Å². The van der Waals surface area contributed by atoms with E-state index in [1.54, 1.807) is 42.0 Å². The van der Waals surface area contributed by atoms with Gasteiger partial charge >= 0.3 is 0 Å². The molecule has 4 aromatic carbocycles. The maximum atomic E-state index is 11.9. The Bertz CT molecular complexity index is 1830. The molecular formula is C27H23N5O4S2. The van der Waals surface area contributed by atoms with Crippen LogP contribution in [0.3, 0.4) is 0 Å². The fourth-order valence-corrected chi connectivity index (χ4v) is 5.26. The van der Waals surface area contributed by atoms with E-state index in [1.165, 1.54) is 12.1 Å². The van der Waals surface area contributed by atoms with Gasteiger partial charge in [-0.05, 0) is 46.8 Å². The highest BCUT2D eigenvalue weighted by atomic mass is 32.2. The first-order valence-electron chi connectivity index (χ1n) is 11.5.